The molecular formula is C7H9N5O2. The van der Waals surface area contributed by atoms with E-state index in [1.807, 2.05) is 0 Å². The van der Waals surface area contributed by atoms with Crippen molar-refractivity contribution in [3.05, 3.63) is 26.7 Å². The third kappa shape index (κ3) is 0.889. The summed E-state index contributed by atoms with van der Waals surface area (Å²) >= 11 is 0. The minimum Gasteiger partial charge on any atom is -0.336 e. The highest BCUT2D eigenvalue weighted by atomic mass is 16.2. The van der Waals surface area contributed by atoms with Crippen molar-refractivity contribution in [1.29, 1.82) is 0 Å². The standard InChI is InChI=1S/C7H9N5O2/c1-3-9-4-5(10-3)11(2)7(14)12(8)6(4)13/h8H2,1-2H3,(H,9,10). The number of fused-ring (bicyclic) bond motifs is 1. The van der Waals surface area contributed by atoms with Gasteiger partial charge in [-0.1, -0.05) is 0 Å². The van der Waals surface area contributed by atoms with Crippen LogP contribution in [0.1, 0.15) is 5.82 Å². The molecule has 0 saturated heterocycles. The van der Waals surface area contributed by atoms with E-state index in [-0.39, 0.29) is 5.52 Å². The summed E-state index contributed by atoms with van der Waals surface area (Å²) in [6.07, 6.45) is 0. The normalized spacial score (nSPS) is 11.0. The lowest BCUT2D eigenvalue weighted by Gasteiger charge is -2.00. The number of aromatic nitrogens is 4. The van der Waals surface area contributed by atoms with Crippen molar-refractivity contribution in [3.63, 3.8) is 0 Å². The topological polar surface area (TPSA) is 98.7 Å². The number of nitrogens with two attached hydrogens (primary N) is 1. The molecule has 2 heterocycles. The molecule has 0 fully saturated rings. The Balaban J connectivity index is 3.17. The molecule has 0 aromatic carbocycles. The van der Waals surface area contributed by atoms with Gasteiger partial charge in [-0.2, -0.15) is 4.68 Å². The smallest absolute Gasteiger partial charge is 0.336 e. The first-order valence-corrected chi connectivity index (χ1v) is 3.96. The number of imidazole rings is 1. The molecule has 74 valence electrons. The van der Waals surface area contributed by atoms with Crippen LogP contribution in [0.25, 0.3) is 11.2 Å². The average molecular weight is 195 g/mol. The predicted molar refractivity (Wildman–Crippen MR) is 50.5 cm³/mol. The summed E-state index contributed by atoms with van der Waals surface area (Å²) < 4.78 is 1.78. The summed E-state index contributed by atoms with van der Waals surface area (Å²) in [5.41, 5.74) is -0.594. The molecular weight excluding hydrogens is 186 g/mol. The summed E-state index contributed by atoms with van der Waals surface area (Å²) in [5, 5.41) is 0. The molecule has 7 heteroatoms. The van der Waals surface area contributed by atoms with Crippen LogP contribution in [0, 0.1) is 6.92 Å². The van der Waals surface area contributed by atoms with Crippen LogP contribution in [0.15, 0.2) is 9.59 Å². The van der Waals surface area contributed by atoms with Crippen LogP contribution in [0.3, 0.4) is 0 Å². The van der Waals surface area contributed by atoms with Crippen LogP contribution < -0.4 is 17.1 Å². The molecule has 0 aliphatic heterocycles. The maximum absolute atomic E-state index is 11.5. The van der Waals surface area contributed by atoms with Gasteiger partial charge in [-0.3, -0.25) is 9.36 Å². The zero-order valence-corrected chi connectivity index (χ0v) is 7.74. The Hall–Kier alpha value is -2.05. The van der Waals surface area contributed by atoms with E-state index in [2.05, 4.69) is 9.97 Å². The fourth-order valence-corrected chi connectivity index (χ4v) is 1.33. The third-order valence-corrected chi connectivity index (χ3v) is 2.05. The maximum Gasteiger partial charge on any atom is 0.351 e. The van der Waals surface area contributed by atoms with Gasteiger partial charge in [0.05, 0.1) is 0 Å². The molecule has 7 nitrogen and oxygen atoms in total. The van der Waals surface area contributed by atoms with Crippen molar-refractivity contribution in [2.75, 3.05) is 5.84 Å². The molecule has 0 aliphatic rings. The summed E-state index contributed by atoms with van der Waals surface area (Å²) in [6.45, 7) is 1.70. The van der Waals surface area contributed by atoms with Crippen molar-refractivity contribution >= 4 is 11.2 Å². The lowest BCUT2D eigenvalue weighted by Crippen LogP contribution is -2.43. The van der Waals surface area contributed by atoms with Crippen LogP contribution in [0.4, 0.5) is 0 Å². The molecule has 2 aromatic rings. The van der Waals surface area contributed by atoms with Crippen molar-refractivity contribution in [2.45, 2.75) is 6.92 Å². The third-order valence-electron chi connectivity index (χ3n) is 2.05. The van der Waals surface area contributed by atoms with E-state index < -0.39 is 11.2 Å². The van der Waals surface area contributed by atoms with Gasteiger partial charge in [0.2, 0.25) is 0 Å². The highest BCUT2D eigenvalue weighted by molar-refractivity contribution is 5.69. The highest BCUT2D eigenvalue weighted by Gasteiger charge is 2.11. The Kier molecular flexibility index (Phi) is 1.51. The SMILES string of the molecule is Cc1nc2c([nH]1)c(=O)n(N)c(=O)n2C. The predicted octanol–water partition coefficient (Wildman–Crippen LogP) is -1.55. The monoisotopic (exact) mass is 195 g/mol. The molecule has 0 spiro atoms. The molecule has 2 rings (SSSR count). The fourth-order valence-electron chi connectivity index (χ4n) is 1.33. The quantitative estimate of drug-likeness (QED) is 0.497. The molecule has 0 radical (unpaired) electrons. The number of nitrogen functional groups attached to an aromatic ring is 1. The Bertz CT molecular complexity index is 617. The van der Waals surface area contributed by atoms with E-state index in [0.29, 0.717) is 16.1 Å². The van der Waals surface area contributed by atoms with Crippen molar-refractivity contribution in [1.82, 2.24) is 19.2 Å². The zero-order chi connectivity index (χ0) is 10.5. The van der Waals surface area contributed by atoms with Crippen molar-refractivity contribution in [3.8, 4) is 0 Å². The Morgan fingerprint density at radius 2 is 2.07 bits per heavy atom. The van der Waals surface area contributed by atoms with Gasteiger partial charge in [-0.15, -0.1) is 0 Å². The largest absolute Gasteiger partial charge is 0.351 e. The minimum absolute atomic E-state index is 0.243. The second-order valence-corrected chi connectivity index (χ2v) is 3.04. The minimum atomic E-state index is -0.589. The number of nitrogens with zero attached hydrogens (tertiary/aromatic N) is 3. The highest BCUT2D eigenvalue weighted by Crippen LogP contribution is 2.01. The van der Waals surface area contributed by atoms with Crippen LogP contribution in [0.2, 0.25) is 0 Å². The molecule has 0 aliphatic carbocycles. The summed E-state index contributed by atoms with van der Waals surface area (Å²) in [7, 11) is 1.51. The second kappa shape index (κ2) is 2.47. The lowest BCUT2D eigenvalue weighted by atomic mass is 10.5. The summed E-state index contributed by atoms with van der Waals surface area (Å²) in [6, 6.07) is 0. The molecule has 0 atom stereocenters. The number of hydrogen-bond donors (Lipinski definition) is 2. The van der Waals surface area contributed by atoms with E-state index in [4.69, 9.17) is 5.84 Å². The number of aryl methyl sites for hydroxylation is 2. The van der Waals surface area contributed by atoms with Gasteiger partial charge in [0.1, 0.15) is 5.82 Å². The second-order valence-electron chi connectivity index (χ2n) is 3.04. The molecule has 2 aromatic heterocycles. The van der Waals surface area contributed by atoms with Gasteiger partial charge >= 0.3 is 11.2 Å². The van der Waals surface area contributed by atoms with Gasteiger partial charge in [0.25, 0.3) is 0 Å². The van der Waals surface area contributed by atoms with E-state index in [9.17, 15) is 9.59 Å². The average Bonchev–Trinajstić information content (AvgIpc) is 2.54. The van der Waals surface area contributed by atoms with Crippen molar-refractivity contribution < 1.29 is 0 Å². The van der Waals surface area contributed by atoms with Crippen LogP contribution in [-0.4, -0.2) is 19.2 Å². The molecule has 0 saturated carbocycles. The number of rotatable bonds is 0. The van der Waals surface area contributed by atoms with E-state index in [1.54, 1.807) is 6.92 Å². The number of hydrogen-bond acceptors (Lipinski definition) is 4. The first-order valence-electron chi connectivity index (χ1n) is 3.96. The van der Waals surface area contributed by atoms with Crippen LogP contribution in [-0.2, 0) is 7.05 Å². The van der Waals surface area contributed by atoms with Crippen LogP contribution >= 0.6 is 0 Å². The number of nitrogens with one attached hydrogen (secondary N) is 1. The maximum atomic E-state index is 11.5. The summed E-state index contributed by atoms with van der Waals surface area (Å²) in [5.74, 6) is 5.85. The van der Waals surface area contributed by atoms with Crippen molar-refractivity contribution in [2.24, 2.45) is 7.05 Å². The first-order chi connectivity index (χ1) is 6.52. The molecule has 0 bridgehead atoms. The zero-order valence-electron chi connectivity index (χ0n) is 7.74. The fraction of sp³-hybridized carbons (Fsp3) is 0.286. The number of H-pyrrole nitrogens is 1. The molecule has 14 heavy (non-hydrogen) atoms. The van der Waals surface area contributed by atoms with Gasteiger partial charge < -0.3 is 10.8 Å². The van der Waals surface area contributed by atoms with Gasteiger partial charge in [0, 0.05) is 7.05 Å². The Morgan fingerprint density at radius 3 is 2.71 bits per heavy atom. The van der Waals surface area contributed by atoms with Gasteiger partial charge in [0.15, 0.2) is 11.2 Å². The molecule has 0 amide bonds. The number of aromatic amines is 1. The first kappa shape index (κ1) is 8.54. The van der Waals surface area contributed by atoms with E-state index >= 15 is 0 Å². The van der Waals surface area contributed by atoms with Gasteiger partial charge in [-0.05, 0) is 6.92 Å². The lowest BCUT2D eigenvalue weighted by molar-refractivity contribution is 0.743. The van der Waals surface area contributed by atoms with E-state index in [0.717, 1.165) is 0 Å². The van der Waals surface area contributed by atoms with E-state index in [1.165, 1.54) is 11.6 Å². The van der Waals surface area contributed by atoms with Crippen LogP contribution in [0.5, 0.6) is 0 Å². The van der Waals surface area contributed by atoms with Gasteiger partial charge in [-0.25, -0.2) is 9.78 Å². The molecule has 3 N–H and O–H groups in total. The Labute approximate surface area is 77.8 Å². The summed E-state index contributed by atoms with van der Waals surface area (Å²) in [4.78, 5) is 29.6. The Morgan fingerprint density at radius 1 is 1.43 bits per heavy atom. The molecule has 0 unspecified atom stereocenters.